The minimum Gasteiger partial charge on any atom is -0.491 e. The second-order valence-electron chi connectivity index (χ2n) is 5.19. The number of aromatic amines is 1. The Morgan fingerprint density at radius 2 is 2.08 bits per heavy atom. The number of H-pyrrole nitrogens is 1. The number of nitrogens with zero attached hydrogens (tertiary/aromatic N) is 3. The van der Waals surface area contributed by atoms with E-state index in [0.717, 1.165) is 6.07 Å². The van der Waals surface area contributed by atoms with E-state index in [1.165, 1.54) is 12.1 Å². The molecule has 0 atom stereocenters. The van der Waals surface area contributed by atoms with Crippen molar-refractivity contribution in [2.45, 2.75) is 19.0 Å². The lowest BCUT2D eigenvalue weighted by Crippen LogP contribution is -2.14. The monoisotopic (exact) mass is 373 g/mol. The lowest BCUT2D eigenvalue weighted by Gasteiger charge is -2.10. The predicted molar refractivity (Wildman–Crippen MR) is 80.7 cm³/mol. The van der Waals surface area contributed by atoms with E-state index in [9.17, 15) is 22.4 Å². The first-order chi connectivity index (χ1) is 12.3. The number of halogens is 4. The van der Waals surface area contributed by atoms with Gasteiger partial charge in [-0.25, -0.2) is 9.02 Å². The van der Waals surface area contributed by atoms with Gasteiger partial charge in [0.1, 0.15) is 0 Å². The Morgan fingerprint density at radius 1 is 1.27 bits per heavy atom. The summed E-state index contributed by atoms with van der Waals surface area (Å²) in [6.45, 7) is -0.278. The molecule has 0 spiro atoms. The van der Waals surface area contributed by atoms with Gasteiger partial charge in [-0.3, -0.25) is 9.78 Å². The Kier molecular flexibility index (Phi) is 4.73. The summed E-state index contributed by atoms with van der Waals surface area (Å²) in [5, 5.41) is 9.50. The number of nitrogens with one attached hydrogen (secondary N) is 2. The van der Waals surface area contributed by atoms with E-state index in [0.29, 0.717) is 0 Å². The fourth-order valence-corrected chi connectivity index (χ4v) is 2.03. The van der Waals surface area contributed by atoms with Crippen molar-refractivity contribution in [1.82, 2.24) is 20.3 Å². The van der Waals surface area contributed by atoms with Crippen LogP contribution in [0.2, 0.25) is 0 Å². The molecule has 3 rings (SSSR count). The van der Waals surface area contributed by atoms with Crippen LogP contribution in [0, 0.1) is 5.82 Å². The Balaban J connectivity index is 1.67. The molecule has 1 aromatic carbocycles. The van der Waals surface area contributed by atoms with Gasteiger partial charge in [-0.2, -0.15) is 18.2 Å². The highest BCUT2D eigenvalue weighted by Crippen LogP contribution is 2.24. The van der Waals surface area contributed by atoms with Gasteiger partial charge in [-0.05, 0) is 28.9 Å². The van der Waals surface area contributed by atoms with E-state index in [1.54, 1.807) is 0 Å². The highest BCUT2D eigenvalue weighted by molar-refractivity contribution is 5.67. The normalized spacial score (nSPS) is 11.7. The average Bonchev–Trinajstić information content (AvgIpc) is 2.99. The molecule has 0 aliphatic heterocycles. The molecule has 138 valence electrons. The molecule has 0 radical (unpaired) electrons. The van der Waals surface area contributed by atoms with Crippen LogP contribution in [0.1, 0.15) is 12.8 Å². The summed E-state index contributed by atoms with van der Waals surface area (Å²) in [6, 6.07) is 3.63. The zero-order valence-corrected chi connectivity index (χ0v) is 12.9. The van der Waals surface area contributed by atoms with Crippen molar-refractivity contribution in [3.05, 3.63) is 34.4 Å². The zero-order chi connectivity index (χ0) is 18.7. The Bertz CT molecular complexity index is 969. The van der Waals surface area contributed by atoms with Gasteiger partial charge in [0.25, 0.3) is 5.56 Å². The molecule has 0 bridgehead atoms. The van der Waals surface area contributed by atoms with E-state index in [-0.39, 0.29) is 41.6 Å². The number of benzene rings is 1. The number of hydrogen-bond acceptors (Lipinski definition) is 7. The van der Waals surface area contributed by atoms with Gasteiger partial charge in [0, 0.05) is 18.2 Å². The second-order valence-corrected chi connectivity index (χ2v) is 5.19. The highest BCUT2D eigenvalue weighted by atomic mass is 19.4. The average molecular weight is 373 g/mol. The summed E-state index contributed by atoms with van der Waals surface area (Å²) in [5.41, 5.74) is -0.327. The number of fused-ring (bicyclic) bond motifs is 1. The number of aromatic nitrogens is 4. The maximum Gasteiger partial charge on any atom is 0.389 e. The molecule has 0 aliphatic rings. The third-order valence-corrected chi connectivity index (χ3v) is 3.19. The van der Waals surface area contributed by atoms with Crippen molar-refractivity contribution in [2.75, 3.05) is 11.9 Å². The van der Waals surface area contributed by atoms with E-state index >= 15 is 0 Å². The highest BCUT2D eigenvalue weighted by Gasteiger charge is 2.26. The van der Waals surface area contributed by atoms with Crippen molar-refractivity contribution in [3.63, 3.8) is 0 Å². The van der Waals surface area contributed by atoms with Crippen LogP contribution >= 0.6 is 0 Å². The molecule has 8 nitrogen and oxygen atoms in total. The molecular formula is C14H11F4N5O3. The van der Waals surface area contributed by atoms with Crippen LogP contribution < -0.4 is 15.6 Å². The lowest BCUT2D eigenvalue weighted by atomic mass is 10.2. The predicted octanol–water partition coefficient (Wildman–Crippen LogP) is 2.91. The molecule has 26 heavy (non-hydrogen) atoms. The van der Waals surface area contributed by atoms with Crippen LogP contribution in [-0.2, 0) is 0 Å². The molecule has 2 N–H and O–H groups in total. The first kappa shape index (κ1) is 17.6. The minimum absolute atomic E-state index is 0.0530. The number of anilines is 2. The summed E-state index contributed by atoms with van der Waals surface area (Å²) >= 11 is 0. The molecule has 0 saturated carbocycles. The minimum atomic E-state index is -4.28. The molecule has 2 heterocycles. The molecular weight excluding hydrogens is 362 g/mol. The zero-order valence-electron chi connectivity index (χ0n) is 12.9. The van der Waals surface area contributed by atoms with E-state index in [2.05, 4.69) is 30.2 Å². The number of ether oxygens (including phenoxy) is 1. The fraction of sp³-hybridized carbons (Fsp3) is 0.286. The van der Waals surface area contributed by atoms with Crippen LogP contribution in [0.15, 0.2) is 27.6 Å². The molecule has 0 saturated heterocycles. The van der Waals surface area contributed by atoms with E-state index in [4.69, 9.17) is 4.74 Å². The fourth-order valence-electron chi connectivity index (χ4n) is 2.03. The smallest absolute Gasteiger partial charge is 0.389 e. The summed E-state index contributed by atoms with van der Waals surface area (Å²) < 4.78 is 59.5. The van der Waals surface area contributed by atoms with Crippen LogP contribution in [0.3, 0.4) is 0 Å². The van der Waals surface area contributed by atoms with Crippen molar-refractivity contribution in [3.8, 4) is 5.75 Å². The van der Waals surface area contributed by atoms with Gasteiger partial charge in [0.05, 0.1) is 6.61 Å². The van der Waals surface area contributed by atoms with Gasteiger partial charge in [0.15, 0.2) is 17.4 Å². The number of alkyl halides is 3. The van der Waals surface area contributed by atoms with Crippen LogP contribution in [0.5, 0.6) is 5.75 Å². The molecule has 2 aromatic heterocycles. The third kappa shape index (κ3) is 4.26. The Labute approximate surface area is 142 Å². The van der Waals surface area contributed by atoms with E-state index in [1.807, 2.05) is 0 Å². The van der Waals surface area contributed by atoms with Crippen LogP contribution in [-0.4, -0.2) is 33.1 Å². The quantitative estimate of drug-likeness (QED) is 0.505. The third-order valence-electron chi connectivity index (χ3n) is 3.19. The van der Waals surface area contributed by atoms with Gasteiger partial charge in [0.2, 0.25) is 11.3 Å². The van der Waals surface area contributed by atoms with Gasteiger partial charge < -0.3 is 10.1 Å². The first-order valence-corrected chi connectivity index (χ1v) is 7.30. The lowest BCUT2D eigenvalue weighted by molar-refractivity contribution is -0.136. The number of hydrogen-bond donors (Lipinski definition) is 2. The van der Waals surface area contributed by atoms with Crippen LogP contribution in [0.4, 0.5) is 29.1 Å². The standard InChI is InChI=1S/C14H11F4N5O3/c15-8-6-7(2-3-9(8)25-5-1-4-14(16,17)18)19-12-13(24)21-11-10(20-12)22-26-23-11/h2-3,6H,1,4-5H2,(H,19,20,22)(H,21,23,24). The van der Waals surface area contributed by atoms with Gasteiger partial charge in [-0.15, -0.1) is 0 Å². The largest absolute Gasteiger partial charge is 0.491 e. The molecule has 0 unspecified atom stereocenters. The summed E-state index contributed by atoms with van der Waals surface area (Å²) in [6.07, 6.45) is -5.58. The van der Waals surface area contributed by atoms with Crippen molar-refractivity contribution in [1.29, 1.82) is 0 Å². The van der Waals surface area contributed by atoms with E-state index < -0.39 is 24.0 Å². The maximum atomic E-state index is 14.0. The van der Waals surface area contributed by atoms with Crippen molar-refractivity contribution < 1.29 is 26.9 Å². The molecule has 3 aromatic rings. The molecule has 12 heteroatoms. The summed E-state index contributed by atoms with van der Waals surface area (Å²) in [4.78, 5) is 18.1. The second kappa shape index (κ2) is 6.98. The molecule has 0 amide bonds. The van der Waals surface area contributed by atoms with Crippen molar-refractivity contribution >= 4 is 22.8 Å². The van der Waals surface area contributed by atoms with Gasteiger partial charge in [-0.1, -0.05) is 0 Å². The molecule has 0 fully saturated rings. The van der Waals surface area contributed by atoms with Gasteiger partial charge >= 0.3 is 6.18 Å². The summed E-state index contributed by atoms with van der Waals surface area (Å²) in [7, 11) is 0. The Hall–Kier alpha value is -3.18. The summed E-state index contributed by atoms with van der Waals surface area (Å²) in [5.74, 6) is -1.16. The van der Waals surface area contributed by atoms with Crippen LogP contribution in [0.25, 0.3) is 11.3 Å². The SMILES string of the molecule is O=c1[nH]c2nonc2nc1Nc1ccc(OCCCC(F)(F)F)c(F)c1. The maximum absolute atomic E-state index is 14.0. The molecule has 0 aliphatic carbocycles. The number of rotatable bonds is 6. The first-order valence-electron chi connectivity index (χ1n) is 7.30. The Morgan fingerprint density at radius 3 is 2.81 bits per heavy atom. The van der Waals surface area contributed by atoms with Crippen molar-refractivity contribution in [2.24, 2.45) is 0 Å². The topological polar surface area (TPSA) is 106 Å².